The summed E-state index contributed by atoms with van der Waals surface area (Å²) in [5.41, 5.74) is -0.425. The highest BCUT2D eigenvalue weighted by molar-refractivity contribution is 5.90. The Kier molecular flexibility index (Phi) is 10.7. The maximum atomic E-state index is 14.0. The Morgan fingerprint density at radius 2 is 1.55 bits per heavy atom. The molecule has 3 aliphatic heterocycles. The highest BCUT2D eigenvalue weighted by Crippen LogP contribution is 2.28. The second-order valence-corrected chi connectivity index (χ2v) is 13.6. The van der Waals surface area contributed by atoms with Gasteiger partial charge in [0.15, 0.2) is 0 Å². The molecule has 0 bridgehead atoms. The minimum absolute atomic E-state index is 0.0450. The van der Waals surface area contributed by atoms with Crippen LogP contribution in [0.2, 0.25) is 0 Å². The van der Waals surface area contributed by atoms with Gasteiger partial charge in [0, 0.05) is 32.2 Å². The molecule has 3 rings (SSSR count). The van der Waals surface area contributed by atoms with Gasteiger partial charge in [-0.1, -0.05) is 47.5 Å². The fourth-order valence-corrected chi connectivity index (χ4v) is 6.62. The molecule has 5 atom stereocenters. The van der Waals surface area contributed by atoms with Crippen molar-refractivity contribution in [1.82, 2.24) is 24.9 Å². The molecule has 0 radical (unpaired) electrons. The fraction of sp³-hybridized carbons (Fsp3) is 0.900. The van der Waals surface area contributed by atoms with Gasteiger partial charge in [-0.3, -0.25) is 24.2 Å². The molecule has 38 heavy (non-hydrogen) atoms. The summed E-state index contributed by atoms with van der Waals surface area (Å²) in [4.78, 5) is 49.3. The molecule has 0 aliphatic carbocycles. The summed E-state index contributed by atoms with van der Waals surface area (Å²) in [5, 5.41) is 3.16. The Balaban J connectivity index is 1.75. The van der Waals surface area contributed by atoms with Gasteiger partial charge in [-0.2, -0.15) is 0 Å². The van der Waals surface area contributed by atoms with Crippen LogP contribution in [0, 0.1) is 11.3 Å². The average Bonchev–Trinajstić information content (AvgIpc) is 3.29. The van der Waals surface area contributed by atoms with E-state index < -0.39 is 11.5 Å². The van der Waals surface area contributed by atoms with Crippen molar-refractivity contribution in [2.24, 2.45) is 11.3 Å². The number of nitrogens with zero attached hydrogens (tertiary/aromatic N) is 4. The number of nitrogens with one attached hydrogen (secondary N) is 1. The van der Waals surface area contributed by atoms with E-state index in [4.69, 9.17) is 0 Å². The third-order valence-corrected chi connectivity index (χ3v) is 9.24. The minimum Gasteiger partial charge on any atom is -0.342 e. The number of carbonyl (C=O) groups excluding carboxylic acids is 3. The van der Waals surface area contributed by atoms with Crippen molar-refractivity contribution in [2.45, 2.75) is 123 Å². The highest BCUT2D eigenvalue weighted by Gasteiger charge is 2.41. The monoisotopic (exact) mass is 533 g/mol. The number of rotatable bonds is 8. The van der Waals surface area contributed by atoms with Gasteiger partial charge in [0.25, 0.3) is 0 Å². The molecule has 0 aromatic heterocycles. The Morgan fingerprint density at radius 3 is 2.11 bits per heavy atom. The molecule has 3 saturated heterocycles. The Bertz CT molecular complexity index is 825. The molecule has 3 heterocycles. The van der Waals surface area contributed by atoms with Crippen LogP contribution in [-0.2, 0) is 14.4 Å². The molecular weight excluding hydrogens is 478 g/mol. The van der Waals surface area contributed by atoms with Crippen LogP contribution in [0.1, 0.15) is 92.9 Å². The molecule has 8 nitrogen and oxygen atoms in total. The molecule has 3 fully saturated rings. The molecule has 0 aromatic carbocycles. The zero-order valence-electron chi connectivity index (χ0n) is 25.5. The van der Waals surface area contributed by atoms with E-state index in [1.165, 1.54) is 0 Å². The maximum Gasteiger partial charge on any atom is 0.245 e. The third kappa shape index (κ3) is 7.29. The SMILES string of the molecule is CC(C)[C@@H](CN1CCCC[C@H]1C(=O)N1CCC[C@H]1C)N(C)C(=O)[C@@H](NC(=O)[C@H]1CCCCN1C)C(C)(C)C. The summed E-state index contributed by atoms with van der Waals surface area (Å²) in [6, 6.07) is -0.627. The van der Waals surface area contributed by atoms with Crippen LogP contribution < -0.4 is 5.32 Å². The van der Waals surface area contributed by atoms with Gasteiger partial charge in [-0.05, 0) is 76.9 Å². The summed E-state index contributed by atoms with van der Waals surface area (Å²) in [6.45, 7) is 15.9. The van der Waals surface area contributed by atoms with E-state index in [9.17, 15) is 14.4 Å². The van der Waals surface area contributed by atoms with Crippen molar-refractivity contribution < 1.29 is 14.4 Å². The van der Waals surface area contributed by atoms with Gasteiger partial charge in [0.2, 0.25) is 17.7 Å². The van der Waals surface area contributed by atoms with Crippen molar-refractivity contribution in [3.63, 3.8) is 0 Å². The number of piperidine rings is 2. The van der Waals surface area contributed by atoms with Gasteiger partial charge < -0.3 is 15.1 Å². The number of carbonyl (C=O) groups is 3. The smallest absolute Gasteiger partial charge is 0.245 e. The number of hydrogen-bond donors (Lipinski definition) is 1. The van der Waals surface area contributed by atoms with E-state index in [2.05, 4.69) is 40.8 Å². The van der Waals surface area contributed by atoms with E-state index in [0.29, 0.717) is 12.6 Å². The molecule has 3 amide bonds. The van der Waals surface area contributed by atoms with Crippen LogP contribution in [0.25, 0.3) is 0 Å². The van der Waals surface area contributed by atoms with Crippen LogP contribution in [0.4, 0.5) is 0 Å². The first kappa shape index (κ1) is 30.9. The molecule has 0 spiro atoms. The molecule has 8 heteroatoms. The van der Waals surface area contributed by atoms with Crippen molar-refractivity contribution in [3.8, 4) is 0 Å². The quantitative estimate of drug-likeness (QED) is 0.518. The topological polar surface area (TPSA) is 76.2 Å². The molecule has 3 aliphatic rings. The van der Waals surface area contributed by atoms with Gasteiger partial charge >= 0.3 is 0 Å². The third-order valence-electron chi connectivity index (χ3n) is 9.24. The lowest BCUT2D eigenvalue weighted by Gasteiger charge is -2.44. The fourth-order valence-electron chi connectivity index (χ4n) is 6.62. The Hall–Kier alpha value is -1.67. The van der Waals surface area contributed by atoms with Crippen LogP contribution in [0.3, 0.4) is 0 Å². The molecule has 1 N–H and O–H groups in total. The number of likely N-dealkylation sites (tertiary alicyclic amines) is 3. The maximum absolute atomic E-state index is 14.0. The van der Waals surface area contributed by atoms with Gasteiger partial charge in [-0.15, -0.1) is 0 Å². The molecule has 0 aromatic rings. The second kappa shape index (κ2) is 13.1. The first-order valence-corrected chi connectivity index (χ1v) is 15.1. The van der Waals surface area contributed by atoms with Crippen LogP contribution in [-0.4, -0.2) is 108 Å². The zero-order chi connectivity index (χ0) is 28.2. The largest absolute Gasteiger partial charge is 0.342 e. The Morgan fingerprint density at radius 1 is 0.921 bits per heavy atom. The van der Waals surface area contributed by atoms with Crippen LogP contribution >= 0.6 is 0 Å². The summed E-state index contributed by atoms with van der Waals surface area (Å²) in [7, 11) is 3.88. The van der Waals surface area contributed by atoms with E-state index in [1.54, 1.807) is 0 Å². The summed E-state index contributed by atoms with van der Waals surface area (Å²) >= 11 is 0. The Labute approximate surface area is 231 Å². The van der Waals surface area contributed by atoms with Gasteiger partial charge in [0.05, 0.1) is 12.1 Å². The number of hydrogen-bond acceptors (Lipinski definition) is 5. The van der Waals surface area contributed by atoms with Crippen molar-refractivity contribution in [2.75, 3.05) is 40.3 Å². The predicted octanol–water partition coefficient (Wildman–Crippen LogP) is 3.35. The van der Waals surface area contributed by atoms with Crippen molar-refractivity contribution in [3.05, 3.63) is 0 Å². The van der Waals surface area contributed by atoms with Crippen molar-refractivity contribution >= 4 is 17.7 Å². The zero-order valence-corrected chi connectivity index (χ0v) is 25.5. The normalized spacial score (nSPS) is 27.3. The first-order chi connectivity index (χ1) is 17.8. The van der Waals surface area contributed by atoms with Crippen LogP contribution in [0.15, 0.2) is 0 Å². The van der Waals surface area contributed by atoms with Crippen molar-refractivity contribution in [1.29, 1.82) is 0 Å². The first-order valence-electron chi connectivity index (χ1n) is 15.1. The number of amides is 3. The summed E-state index contributed by atoms with van der Waals surface area (Å²) < 4.78 is 0. The predicted molar refractivity (Wildman–Crippen MR) is 153 cm³/mol. The van der Waals surface area contributed by atoms with E-state index in [-0.39, 0.29) is 41.8 Å². The lowest BCUT2D eigenvalue weighted by Crippen LogP contribution is -2.61. The van der Waals surface area contributed by atoms with E-state index in [0.717, 1.165) is 71.0 Å². The van der Waals surface area contributed by atoms with Gasteiger partial charge in [0.1, 0.15) is 6.04 Å². The van der Waals surface area contributed by atoms with E-state index in [1.807, 2.05) is 39.8 Å². The summed E-state index contributed by atoms with van der Waals surface area (Å²) in [5.74, 6) is 0.392. The van der Waals surface area contributed by atoms with Gasteiger partial charge in [-0.25, -0.2) is 0 Å². The molecule has 218 valence electrons. The lowest BCUT2D eigenvalue weighted by atomic mass is 9.84. The standard InChI is InChI=1S/C30H55N5O3/c1-21(2)25(20-34-18-12-10-16-24(34)28(37)35-19-13-14-22(35)3)33(8)29(38)26(30(4,5)6)31-27(36)23-15-9-11-17-32(23)7/h21-26H,9-20H2,1-8H3,(H,31,36)/t22-,23-,24+,25-,26-/m1/s1. The molecular formula is C30H55N5O3. The minimum atomic E-state index is -0.610. The second-order valence-electron chi connectivity index (χ2n) is 13.6. The lowest BCUT2D eigenvalue weighted by molar-refractivity contribution is -0.144. The average molecular weight is 534 g/mol. The van der Waals surface area contributed by atoms with E-state index >= 15 is 0 Å². The summed E-state index contributed by atoms with van der Waals surface area (Å²) in [6.07, 6.45) is 8.19. The molecule has 0 unspecified atom stereocenters. The molecule has 0 saturated carbocycles. The highest BCUT2D eigenvalue weighted by atomic mass is 16.2. The number of likely N-dealkylation sites (N-methyl/N-ethyl adjacent to an activating group) is 2. The van der Waals surface area contributed by atoms with Crippen LogP contribution in [0.5, 0.6) is 0 Å².